The van der Waals surface area contributed by atoms with Crippen molar-refractivity contribution < 1.29 is 19.1 Å². The fraction of sp³-hybridized carbons (Fsp3) is 0.481. The Morgan fingerprint density at radius 2 is 1.79 bits per heavy atom. The zero-order valence-corrected chi connectivity index (χ0v) is 19.9. The van der Waals surface area contributed by atoms with Crippen LogP contribution in [-0.4, -0.2) is 65.7 Å². The first-order valence-electron chi connectivity index (χ1n) is 12.1. The Morgan fingerprint density at radius 3 is 2.44 bits per heavy atom. The maximum atomic E-state index is 13.8. The van der Waals surface area contributed by atoms with Gasteiger partial charge in [-0.25, -0.2) is 4.39 Å². The Labute approximate surface area is 200 Å². The molecule has 1 saturated carbocycles. The molecule has 34 heavy (non-hydrogen) atoms. The van der Waals surface area contributed by atoms with Gasteiger partial charge in [-0.2, -0.15) is 0 Å². The van der Waals surface area contributed by atoms with Gasteiger partial charge in [0, 0.05) is 32.7 Å². The number of hydrogen-bond acceptors (Lipinski definition) is 4. The first kappa shape index (κ1) is 24.4. The maximum absolute atomic E-state index is 13.8. The van der Waals surface area contributed by atoms with Crippen LogP contribution >= 0.6 is 0 Å². The molecule has 2 fully saturated rings. The summed E-state index contributed by atoms with van der Waals surface area (Å²) in [5, 5.41) is 14.1. The summed E-state index contributed by atoms with van der Waals surface area (Å²) >= 11 is 0. The van der Waals surface area contributed by atoms with E-state index in [1.807, 2.05) is 30.3 Å². The minimum atomic E-state index is -0.617. The number of halogens is 1. The largest absolute Gasteiger partial charge is 0.378 e. The predicted molar refractivity (Wildman–Crippen MR) is 129 cm³/mol. The van der Waals surface area contributed by atoms with E-state index >= 15 is 0 Å². The summed E-state index contributed by atoms with van der Waals surface area (Å²) in [6.07, 6.45) is 4.78. The first-order chi connectivity index (χ1) is 16.3. The van der Waals surface area contributed by atoms with Crippen molar-refractivity contribution >= 4 is 11.8 Å². The average molecular weight is 468 g/mol. The lowest BCUT2D eigenvalue weighted by atomic mass is 9.81. The monoisotopic (exact) mass is 467 g/mol. The highest BCUT2D eigenvalue weighted by molar-refractivity contribution is 6.34. The van der Waals surface area contributed by atoms with E-state index < -0.39 is 18.0 Å². The molecule has 1 heterocycles. The summed E-state index contributed by atoms with van der Waals surface area (Å²) in [6, 6.07) is 14.1. The van der Waals surface area contributed by atoms with Gasteiger partial charge >= 0.3 is 11.8 Å². The molecule has 2 aromatic rings. The number of amides is 2. The third-order valence-corrected chi connectivity index (χ3v) is 7.18. The van der Waals surface area contributed by atoms with Crippen molar-refractivity contribution in [2.24, 2.45) is 5.92 Å². The summed E-state index contributed by atoms with van der Waals surface area (Å²) in [5.41, 5.74) is 2.76. The van der Waals surface area contributed by atoms with Crippen LogP contribution in [0.15, 0.2) is 48.5 Å². The number of piperidine rings is 1. The SMILES string of the molecule is CN(C)C(=O)C(=O)N[C@H]1CCCN(C(O)C2CCC2)[C@H]1Cc1cccc(-c2cccc(F)c2)c1. The molecule has 1 aliphatic heterocycles. The zero-order chi connectivity index (χ0) is 24.2. The topological polar surface area (TPSA) is 72.9 Å². The first-order valence-corrected chi connectivity index (χ1v) is 12.1. The summed E-state index contributed by atoms with van der Waals surface area (Å²) < 4.78 is 13.8. The molecule has 2 N–H and O–H groups in total. The van der Waals surface area contributed by atoms with E-state index in [4.69, 9.17) is 0 Å². The van der Waals surface area contributed by atoms with Crippen LogP contribution in [0.25, 0.3) is 11.1 Å². The molecule has 1 aliphatic carbocycles. The second-order valence-corrected chi connectivity index (χ2v) is 9.75. The van der Waals surface area contributed by atoms with Gasteiger partial charge < -0.3 is 15.3 Å². The molecule has 1 saturated heterocycles. The van der Waals surface area contributed by atoms with E-state index in [1.54, 1.807) is 20.2 Å². The molecule has 0 radical (unpaired) electrons. The van der Waals surface area contributed by atoms with Crippen molar-refractivity contribution in [3.63, 3.8) is 0 Å². The van der Waals surface area contributed by atoms with Crippen molar-refractivity contribution in [1.82, 2.24) is 15.1 Å². The minimum absolute atomic E-state index is 0.147. The van der Waals surface area contributed by atoms with Crippen LogP contribution in [0.3, 0.4) is 0 Å². The van der Waals surface area contributed by atoms with Gasteiger partial charge in [0.1, 0.15) is 12.0 Å². The molecule has 2 amide bonds. The van der Waals surface area contributed by atoms with Crippen molar-refractivity contribution in [1.29, 1.82) is 0 Å². The molecule has 4 rings (SSSR count). The summed E-state index contributed by atoms with van der Waals surface area (Å²) in [7, 11) is 3.12. The second-order valence-electron chi connectivity index (χ2n) is 9.75. The Balaban J connectivity index is 1.59. The quantitative estimate of drug-likeness (QED) is 0.640. The predicted octanol–water partition coefficient (Wildman–Crippen LogP) is 3.19. The Bertz CT molecular complexity index is 1020. The van der Waals surface area contributed by atoms with E-state index in [0.29, 0.717) is 6.42 Å². The molecule has 0 bridgehead atoms. The number of likely N-dealkylation sites (tertiary alicyclic amines) is 1. The van der Waals surface area contributed by atoms with E-state index in [2.05, 4.69) is 10.2 Å². The molecular weight excluding hydrogens is 433 g/mol. The zero-order valence-electron chi connectivity index (χ0n) is 19.9. The highest BCUT2D eigenvalue weighted by Crippen LogP contribution is 2.35. The van der Waals surface area contributed by atoms with Gasteiger partial charge in [0.2, 0.25) is 0 Å². The average Bonchev–Trinajstić information content (AvgIpc) is 2.78. The number of rotatable bonds is 6. The standard InChI is InChI=1S/C27H34FN3O3/c1-30(2)27(34)25(32)29-23-13-6-14-31(26(33)19-8-4-9-19)24(23)16-18-7-3-10-20(15-18)21-11-5-12-22(28)17-21/h3,5,7,10-12,15,17,19,23-24,26,33H,4,6,8-9,13-14,16H2,1-2H3,(H,29,32)/t23-,24-,26?/m0/s1. The van der Waals surface area contributed by atoms with Gasteiger partial charge in [-0.1, -0.05) is 42.8 Å². The third kappa shape index (κ3) is 5.47. The van der Waals surface area contributed by atoms with Crippen LogP contribution in [0.5, 0.6) is 0 Å². The Morgan fingerprint density at radius 1 is 1.09 bits per heavy atom. The number of aliphatic hydroxyl groups is 1. The van der Waals surface area contributed by atoms with Crippen molar-refractivity contribution in [2.45, 2.75) is 56.8 Å². The summed E-state index contributed by atoms with van der Waals surface area (Å²) in [4.78, 5) is 28.2. The molecule has 7 heteroatoms. The number of nitrogens with one attached hydrogen (secondary N) is 1. The molecule has 6 nitrogen and oxygen atoms in total. The minimum Gasteiger partial charge on any atom is -0.378 e. The fourth-order valence-corrected chi connectivity index (χ4v) is 5.07. The van der Waals surface area contributed by atoms with Crippen LogP contribution < -0.4 is 5.32 Å². The molecule has 2 aliphatic rings. The maximum Gasteiger partial charge on any atom is 0.311 e. The van der Waals surface area contributed by atoms with Gasteiger partial charge in [0.25, 0.3) is 0 Å². The number of aliphatic hydroxyl groups excluding tert-OH is 1. The summed E-state index contributed by atoms with van der Waals surface area (Å²) in [6.45, 7) is 0.750. The number of benzene rings is 2. The van der Waals surface area contributed by atoms with Crippen LogP contribution in [0.1, 0.15) is 37.7 Å². The highest BCUT2D eigenvalue weighted by Gasteiger charge is 2.40. The van der Waals surface area contributed by atoms with Gasteiger partial charge in [-0.15, -0.1) is 0 Å². The Kier molecular flexibility index (Phi) is 7.63. The van der Waals surface area contributed by atoms with Gasteiger partial charge in [0.15, 0.2) is 0 Å². The third-order valence-electron chi connectivity index (χ3n) is 7.18. The molecule has 182 valence electrons. The van der Waals surface area contributed by atoms with Crippen LogP contribution in [0.2, 0.25) is 0 Å². The number of hydrogen-bond donors (Lipinski definition) is 2. The van der Waals surface area contributed by atoms with Crippen molar-refractivity contribution in [2.75, 3.05) is 20.6 Å². The lowest BCUT2D eigenvalue weighted by Gasteiger charge is -2.47. The van der Waals surface area contributed by atoms with Gasteiger partial charge in [0.05, 0.1) is 0 Å². The van der Waals surface area contributed by atoms with Crippen molar-refractivity contribution in [3.05, 3.63) is 59.9 Å². The number of likely N-dealkylation sites (N-methyl/N-ethyl adjacent to an activating group) is 1. The molecule has 3 atom stereocenters. The van der Waals surface area contributed by atoms with Gasteiger partial charge in [-0.3, -0.25) is 14.5 Å². The summed E-state index contributed by atoms with van der Waals surface area (Å²) in [5.74, 6) is -1.23. The van der Waals surface area contributed by atoms with E-state index in [9.17, 15) is 19.1 Å². The van der Waals surface area contributed by atoms with E-state index in [-0.39, 0.29) is 23.8 Å². The smallest absolute Gasteiger partial charge is 0.311 e. The lowest BCUT2D eigenvalue weighted by molar-refractivity contribution is -0.146. The molecular formula is C27H34FN3O3. The lowest BCUT2D eigenvalue weighted by Crippen LogP contribution is -2.61. The number of carbonyl (C=O) groups is 2. The van der Waals surface area contributed by atoms with Crippen LogP contribution in [0, 0.1) is 11.7 Å². The van der Waals surface area contributed by atoms with Crippen molar-refractivity contribution in [3.8, 4) is 11.1 Å². The van der Waals surface area contributed by atoms with Crippen LogP contribution in [-0.2, 0) is 16.0 Å². The van der Waals surface area contributed by atoms with E-state index in [0.717, 1.165) is 55.3 Å². The highest BCUT2D eigenvalue weighted by atomic mass is 19.1. The second kappa shape index (κ2) is 10.7. The normalized spacial score (nSPS) is 22.0. The molecule has 2 aromatic carbocycles. The Hall–Kier alpha value is -2.77. The molecule has 1 unspecified atom stereocenters. The molecule has 0 aromatic heterocycles. The van der Waals surface area contributed by atoms with E-state index in [1.165, 1.54) is 17.0 Å². The number of nitrogens with zero attached hydrogens (tertiary/aromatic N) is 2. The molecule has 0 spiro atoms. The number of carbonyl (C=O) groups excluding carboxylic acids is 2. The van der Waals surface area contributed by atoms with Gasteiger partial charge in [-0.05, 0) is 66.8 Å². The fourth-order valence-electron chi connectivity index (χ4n) is 5.07. The van der Waals surface area contributed by atoms with Crippen LogP contribution in [0.4, 0.5) is 4.39 Å².